The molecule has 27 heavy (non-hydrogen) atoms. The maximum atomic E-state index is 13.0. The standard InChI is InChI=1S/C21H30N4O2/c1-15(2)27-14-8-13-25-20(26)17-10-5-7-12-19(17)22-21(25)24-23-18-11-6-4-9-16(18)3/h5,7,10,12,15-16H,4,6,8-9,11,13-14H2,1-3H3,(H,22,24). The van der Waals surface area contributed by atoms with Crippen molar-refractivity contribution in [3.8, 4) is 0 Å². The van der Waals surface area contributed by atoms with E-state index in [-0.39, 0.29) is 11.7 Å². The van der Waals surface area contributed by atoms with Gasteiger partial charge in [-0.25, -0.2) is 10.4 Å². The fourth-order valence-electron chi connectivity index (χ4n) is 3.46. The van der Waals surface area contributed by atoms with Crippen LogP contribution in [0.4, 0.5) is 5.95 Å². The maximum absolute atomic E-state index is 13.0. The fraction of sp³-hybridized carbons (Fsp3) is 0.571. The van der Waals surface area contributed by atoms with E-state index in [1.807, 2.05) is 38.1 Å². The number of fused-ring (bicyclic) bond motifs is 1. The molecule has 1 fully saturated rings. The van der Waals surface area contributed by atoms with Crippen LogP contribution in [0.1, 0.15) is 52.9 Å². The van der Waals surface area contributed by atoms with Crippen molar-refractivity contribution < 1.29 is 4.74 Å². The van der Waals surface area contributed by atoms with E-state index in [0.717, 1.165) is 12.8 Å². The molecule has 1 unspecified atom stereocenters. The molecule has 1 aliphatic carbocycles. The molecule has 6 heteroatoms. The predicted molar refractivity (Wildman–Crippen MR) is 110 cm³/mol. The van der Waals surface area contributed by atoms with Gasteiger partial charge in [-0.2, -0.15) is 5.10 Å². The molecule has 0 saturated heterocycles. The lowest BCUT2D eigenvalue weighted by molar-refractivity contribution is 0.0748. The summed E-state index contributed by atoms with van der Waals surface area (Å²) in [6, 6.07) is 7.46. The Balaban J connectivity index is 1.87. The molecule has 1 atom stereocenters. The molecule has 0 spiro atoms. The number of aromatic nitrogens is 2. The van der Waals surface area contributed by atoms with Crippen LogP contribution in [0, 0.1) is 5.92 Å². The zero-order valence-electron chi connectivity index (χ0n) is 16.6. The average molecular weight is 370 g/mol. The van der Waals surface area contributed by atoms with E-state index in [2.05, 4.69) is 22.4 Å². The van der Waals surface area contributed by atoms with Crippen molar-refractivity contribution in [2.24, 2.45) is 11.0 Å². The Morgan fingerprint density at radius 3 is 2.93 bits per heavy atom. The first-order chi connectivity index (χ1) is 13.1. The van der Waals surface area contributed by atoms with Crippen LogP contribution in [0.25, 0.3) is 10.9 Å². The first-order valence-corrected chi connectivity index (χ1v) is 10.00. The highest BCUT2D eigenvalue weighted by atomic mass is 16.5. The predicted octanol–water partition coefficient (Wildman–Crippen LogP) is 4.19. The summed E-state index contributed by atoms with van der Waals surface area (Å²) >= 11 is 0. The largest absolute Gasteiger partial charge is 0.379 e. The Hall–Kier alpha value is -2.21. The summed E-state index contributed by atoms with van der Waals surface area (Å²) in [4.78, 5) is 17.6. The zero-order valence-corrected chi connectivity index (χ0v) is 16.6. The summed E-state index contributed by atoms with van der Waals surface area (Å²) < 4.78 is 7.30. The van der Waals surface area contributed by atoms with E-state index in [1.165, 1.54) is 25.0 Å². The van der Waals surface area contributed by atoms with Gasteiger partial charge < -0.3 is 4.74 Å². The smallest absolute Gasteiger partial charge is 0.262 e. The van der Waals surface area contributed by atoms with E-state index in [9.17, 15) is 4.79 Å². The molecule has 146 valence electrons. The molecule has 1 saturated carbocycles. The molecule has 1 heterocycles. The summed E-state index contributed by atoms with van der Waals surface area (Å²) in [5.74, 6) is 0.986. The number of ether oxygens (including phenoxy) is 1. The van der Waals surface area contributed by atoms with Crippen molar-refractivity contribution >= 4 is 22.6 Å². The molecule has 0 radical (unpaired) electrons. The average Bonchev–Trinajstić information content (AvgIpc) is 2.66. The molecule has 3 rings (SSSR count). The van der Waals surface area contributed by atoms with E-state index in [0.29, 0.717) is 35.9 Å². The Bertz CT molecular complexity index is 857. The Morgan fingerprint density at radius 2 is 2.15 bits per heavy atom. The Morgan fingerprint density at radius 1 is 1.33 bits per heavy atom. The summed E-state index contributed by atoms with van der Waals surface area (Å²) in [5.41, 5.74) is 4.91. The van der Waals surface area contributed by atoms with Crippen LogP contribution in [-0.4, -0.2) is 28.0 Å². The molecule has 0 amide bonds. The van der Waals surface area contributed by atoms with Gasteiger partial charge in [0.1, 0.15) is 0 Å². The molecule has 6 nitrogen and oxygen atoms in total. The number of hydrazone groups is 1. The number of anilines is 1. The van der Waals surface area contributed by atoms with E-state index in [4.69, 9.17) is 4.74 Å². The summed E-state index contributed by atoms with van der Waals surface area (Å²) in [5, 5.41) is 5.24. The molecule has 0 bridgehead atoms. The third-order valence-electron chi connectivity index (χ3n) is 5.03. The lowest BCUT2D eigenvalue weighted by Crippen LogP contribution is -2.26. The molecule has 1 aromatic heterocycles. The van der Waals surface area contributed by atoms with Gasteiger partial charge in [-0.05, 0) is 57.6 Å². The number of nitrogens with one attached hydrogen (secondary N) is 1. The van der Waals surface area contributed by atoms with Crippen LogP contribution < -0.4 is 11.0 Å². The van der Waals surface area contributed by atoms with Gasteiger partial charge in [-0.15, -0.1) is 0 Å². The Kier molecular flexibility index (Phi) is 6.61. The lowest BCUT2D eigenvalue weighted by atomic mass is 9.89. The summed E-state index contributed by atoms with van der Waals surface area (Å²) in [6.45, 7) is 7.40. The molecule has 1 N–H and O–H groups in total. The second kappa shape index (κ2) is 9.13. The van der Waals surface area contributed by atoms with Gasteiger partial charge in [0.05, 0.1) is 17.0 Å². The van der Waals surface area contributed by atoms with Crippen LogP contribution in [0.2, 0.25) is 0 Å². The third kappa shape index (κ3) is 4.95. The van der Waals surface area contributed by atoms with Gasteiger partial charge in [0.15, 0.2) is 0 Å². The normalized spacial score (nSPS) is 19.1. The summed E-state index contributed by atoms with van der Waals surface area (Å²) in [7, 11) is 0. The van der Waals surface area contributed by atoms with Crippen LogP contribution in [0.5, 0.6) is 0 Å². The molecule has 0 aliphatic heterocycles. The van der Waals surface area contributed by atoms with Gasteiger partial charge in [0.2, 0.25) is 5.95 Å². The minimum Gasteiger partial charge on any atom is -0.379 e. The van der Waals surface area contributed by atoms with Gasteiger partial charge in [0.25, 0.3) is 5.56 Å². The van der Waals surface area contributed by atoms with Crippen molar-refractivity contribution in [2.45, 2.75) is 65.5 Å². The van der Waals surface area contributed by atoms with E-state index >= 15 is 0 Å². The van der Waals surface area contributed by atoms with Crippen LogP contribution in [-0.2, 0) is 11.3 Å². The van der Waals surface area contributed by atoms with Crippen molar-refractivity contribution in [3.05, 3.63) is 34.6 Å². The van der Waals surface area contributed by atoms with Crippen molar-refractivity contribution in [3.63, 3.8) is 0 Å². The monoisotopic (exact) mass is 370 g/mol. The molecular weight excluding hydrogens is 340 g/mol. The highest BCUT2D eigenvalue weighted by molar-refractivity contribution is 5.87. The van der Waals surface area contributed by atoms with Crippen LogP contribution in [0.3, 0.4) is 0 Å². The van der Waals surface area contributed by atoms with Gasteiger partial charge in [0, 0.05) is 18.9 Å². The number of para-hydroxylation sites is 1. The van der Waals surface area contributed by atoms with Crippen molar-refractivity contribution in [1.82, 2.24) is 9.55 Å². The van der Waals surface area contributed by atoms with E-state index < -0.39 is 0 Å². The highest BCUT2D eigenvalue weighted by Gasteiger charge is 2.16. The topological polar surface area (TPSA) is 68.5 Å². The quantitative estimate of drug-likeness (QED) is 0.586. The first kappa shape index (κ1) is 19.5. The van der Waals surface area contributed by atoms with Crippen LogP contribution in [0.15, 0.2) is 34.2 Å². The SMILES string of the molecule is CC(C)OCCCn1c(NN=C2CCCCC2C)nc2ccccc2c1=O. The second-order valence-corrected chi connectivity index (χ2v) is 7.54. The lowest BCUT2D eigenvalue weighted by Gasteiger charge is -2.20. The zero-order chi connectivity index (χ0) is 19.2. The van der Waals surface area contributed by atoms with Gasteiger partial charge in [-0.3, -0.25) is 9.36 Å². The number of rotatable bonds is 7. The first-order valence-electron chi connectivity index (χ1n) is 10.00. The molecule has 1 aliphatic rings. The summed E-state index contributed by atoms with van der Waals surface area (Å²) in [6.07, 6.45) is 5.55. The Labute approximate surface area is 160 Å². The molecule has 1 aromatic carbocycles. The maximum Gasteiger partial charge on any atom is 0.262 e. The number of hydrogen-bond donors (Lipinski definition) is 1. The third-order valence-corrected chi connectivity index (χ3v) is 5.03. The van der Waals surface area contributed by atoms with Gasteiger partial charge in [-0.1, -0.05) is 25.5 Å². The number of hydrogen-bond acceptors (Lipinski definition) is 5. The van der Waals surface area contributed by atoms with Crippen LogP contribution >= 0.6 is 0 Å². The van der Waals surface area contributed by atoms with E-state index in [1.54, 1.807) is 4.57 Å². The number of nitrogens with zero attached hydrogens (tertiary/aromatic N) is 3. The molecular formula is C21H30N4O2. The minimum atomic E-state index is -0.0375. The highest BCUT2D eigenvalue weighted by Crippen LogP contribution is 2.21. The van der Waals surface area contributed by atoms with Crippen molar-refractivity contribution in [2.75, 3.05) is 12.0 Å². The van der Waals surface area contributed by atoms with Crippen molar-refractivity contribution in [1.29, 1.82) is 0 Å². The number of benzene rings is 1. The molecule has 2 aromatic rings. The van der Waals surface area contributed by atoms with Gasteiger partial charge >= 0.3 is 0 Å². The second-order valence-electron chi connectivity index (χ2n) is 7.54. The minimum absolute atomic E-state index is 0.0375. The fourth-order valence-corrected chi connectivity index (χ4v) is 3.46.